The second kappa shape index (κ2) is 5.29. The third-order valence-corrected chi connectivity index (χ3v) is 6.80. The van der Waals surface area contributed by atoms with E-state index in [2.05, 4.69) is 10.3 Å². The van der Waals surface area contributed by atoms with Gasteiger partial charge in [0, 0.05) is 24.7 Å². The molecule has 2 aliphatic heterocycles. The molecule has 0 aliphatic carbocycles. The van der Waals surface area contributed by atoms with Gasteiger partial charge in [-0.1, -0.05) is 0 Å². The van der Waals surface area contributed by atoms with E-state index < -0.39 is 10.0 Å². The molecule has 1 unspecified atom stereocenters. The molecule has 0 spiro atoms. The van der Waals surface area contributed by atoms with Gasteiger partial charge in [-0.3, -0.25) is 9.78 Å². The normalized spacial score (nSPS) is 21.5. The first-order valence-electron chi connectivity index (χ1n) is 7.11. The molecule has 7 nitrogen and oxygen atoms in total. The summed E-state index contributed by atoms with van der Waals surface area (Å²) in [6.45, 7) is 0.877. The first-order valence-corrected chi connectivity index (χ1v) is 9.49. The van der Waals surface area contributed by atoms with Gasteiger partial charge in [0.25, 0.3) is 5.91 Å². The first kappa shape index (κ1) is 14.6. The summed E-state index contributed by atoms with van der Waals surface area (Å²) in [5, 5.41) is 6.58. The summed E-state index contributed by atoms with van der Waals surface area (Å²) in [5.41, 5.74) is 1.22. The Morgan fingerprint density at radius 1 is 1.30 bits per heavy atom. The fourth-order valence-corrected chi connectivity index (χ4v) is 5.37. The number of nitrogens with zero attached hydrogens (tertiary/aromatic N) is 3. The first-order chi connectivity index (χ1) is 11.1. The molecule has 0 saturated carbocycles. The molecule has 2 aromatic heterocycles. The summed E-state index contributed by atoms with van der Waals surface area (Å²) in [6.07, 6.45) is 2.80. The summed E-state index contributed by atoms with van der Waals surface area (Å²) < 4.78 is 26.7. The van der Waals surface area contributed by atoms with Crippen molar-refractivity contribution in [2.75, 3.05) is 25.0 Å². The number of thiophene rings is 1. The van der Waals surface area contributed by atoms with Crippen LogP contribution >= 0.6 is 11.3 Å². The molecule has 4 rings (SSSR count). The maximum Gasteiger partial charge on any atom is 0.257 e. The molecular formula is C14H14N4O3S2. The number of carbonyl (C=O) groups is 1. The molecule has 120 valence electrons. The third-order valence-electron chi connectivity index (χ3n) is 4.11. The summed E-state index contributed by atoms with van der Waals surface area (Å²) in [7, 11) is -3.51. The fourth-order valence-electron chi connectivity index (χ4n) is 2.92. The smallest absolute Gasteiger partial charge is 0.257 e. The highest BCUT2D eigenvalue weighted by molar-refractivity contribution is 7.89. The lowest BCUT2D eigenvalue weighted by molar-refractivity contribution is 0.0584. The average Bonchev–Trinajstić information content (AvgIpc) is 3.10. The van der Waals surface area contributed by atoms with Crippen LogP contribution in [0, 0.1) is 0 Å². The number of hydrogen-bond donors (Lipinski definition) is 1. The monoisotopic (exact) mass is 350 g/mol. The minimum absolute atomic E-state index is 0.0845. The second-order valence-corrected chi connectivity index (χ2v) is 8.12. The number of pyridine rings is 1. The number of fused-ring (bicyclic) bond motifs is 2. The van der Waals surface area contributed by atoms with Crippen molar-refractivity contribution in [2.24, 2.45) is 0 Å². The van der Waals surface area contributed by atoms with Gasteiger partial charge in [-0.2, -0.15) is 15.6 Å². The van der Waals surface area contributed by atoms with Gasteiger partial charge < -0.3 is 10.2 Å². The van der Waals surface area contributed by atoms with Crippen LogP contribution in [-0.2, 0) is 10.0 Å². The highest BCUT2D eigenvalue weighted by Crippen LogP contribution is 2.28. The minimum atomic E-state index is -3.51. The molecule has 1 amide bonds. The lowest BCUT2D eigenvalue weighted by atomic mass is 10.1. The van der Waals surface area contributed by atoms with Crippen LogP contribution in [0.25, 0.3) is 0 Å². The Bertz CT molecular complexity index is 851. The largest absolute Gasteiger partial charge is 0.362 e. The molecule has 0 bridgehead atoms. The second-order valence-electron chi connectivity index (χ2n) is 5.40. The molecule has 23 heavy (non-hydrogen) atoms. The standard InChI is InChI=1S/C14H14N4O3S2/c19-14-11-1-3-15-7-12(11)16-13-8-17(4-5-18(13)14)23(20,21)10-2-6-22-9-10/h1-3,6-7,9,13,16H,4-5,8H2. The van der Waals surface area contributed by atoms with Gasteiger partial charge in [0.15, 0.2) is 0 Å². The molecule has 0 radical (unpaired) electrons. The quantitative estimate of drug-likeness (QED) is 0.875. The average molecular weight is 350 g/mol. The Morgan fingerprint density at radius 3 is 2.96 bits per heavy atom. The van der Waals surface area contributed by atoms with E-state index in [1.807, 2.05) is 0 Å². The van der Waals surface area contributed by atoms with E-state index >= 15 is 0 Å². The zero-order valence-electron chi connectivity index (χ0n) is 12.0. The van der Waals surface area contributed by atoms with Gasteiger partial charge in [0.05, 0.1) is 28.9 Å². The van der Waals surface area contributed by atoms with E-state index in [1.54, 1.807) is 40.2 Å². The van der Waals surface area contributed by atoms with Crippen LogP contribution in [0.1, 0.15) is 10.4 Å². The zero-order chi connectivity index (χ0) is 16.0. The van der Waals surface area contributed by atoms with Gasteiger partial charge in [-0.15, -0.1) is 0 Å². The van der Waals surface area contributed by atoms with Crippen molar-refractivity contribution in [3.8, 4) is 0 Å². The number of anilines is 1. The maximum atomic E-state index is 12.6. The number of amides is 1. The van der Waals surface area contributed by atoms with Crippen LogP contribution < -0.4 is 5.32 Å². The Labute approximate surface area is 137 Å². The van der Waals surface area contributed by atoms with Crippen LogP contribution in [-0.4, -0.2) is 54.3 Å². The Balaban J connectivity index is 1.62. The third kappa shape index (κ3) is 2.32. The number of aromatic nitrogens is 1. The zero-order valence-corrected chi connectivity index (χ0v) is 13.7. The number of piperazine rings is 1. The Morgan fingerprint density at radius 2 is 2.17 bits per heavy atom. The van der Waals surface area contributed by atoms with E-state index in [0.29, 0.717) is 29.2 Å². The predicted octanol–water partition coefficient (Wildman–Crippen LogP) is 1.04. The fraction of sp³-hybridized carbons (Fsp3) is 0.286. The van der Waals surface area contributed by atoms with Crippen molar-refractivity contribution in [1.82, 2.24) is 14.2 Å². The Kier molecular flexibility index (Phi) is 3.36. The highest BCUT2D eigenvalue weighted by atomic mass is 32.2. The van der Waals surface area contributed by atoms with Gasteiger partial charge >= 0.3 is 0 Å². The van der Waals surface area contributed by atoms with Crippen LogP contribution in [0.5, 0.6) is 0 Å². The molecule has 0 aromatic carbocycles. The number of sulfonamides is 1. The van der Waals surface area contributed by atoms with E-state index in [4.69, 9.17) is 0 Å². The molecule has 9 heteroatoms. The van der Waals surface area contributed by atoms with Crippen LogP contribution in [0.2, 0.25) is 0 Å². The lowest BCUT2D eigenvalue weighted by Gasteiger charge is -2.44. The highest BCUT2D eigenvalue weighted by Gasteiger charge is 2.39. The predicted molar refractivity (Wildman–Crippen MR) is 85.8 cm³/mol. The molecule has 2 aromatic rings. The summed E-state index contributed by atoms with van der Waals surface area (Å²) in [6, 6.07) is 3.28. The van der Waals surface area contributed by atoms with Gasteiger partial charge in [-0.05, 0) is 17.5 Å². The van der Waals surface area contributed by atoms with E-state index in [-0.39, 0.29) is 18.6 Å². The summed E-state index contributed by atoms with van der Waals surface area (Å²) >= 11 is 1.35. The number of nitrogens with one attached hydrogen (secondary N) is 1. The lowest BCUT2D eigenvalue weighted by Crippen LogP contribution is -2.61. The topological polar surface area (TPSA) is 82.6 Å². The van der Waals surface area contributed by atoms with Crippen molar-refractivity contribution < 1.29 is 13.2 Å². The summed E-state index contributed by atoms with van der Waals surface area (Å²) in [5.74, 6) is -0.0845. The minimum Gasteiger partial charge on any atom is -0.362 e. The molecule has 1 fully saturated rings. The molecule has 2 aliphatic rings. The molecule has 1 saturated heterocycles. The van der Waals surface area contributed by atoms with Crippen LogP contribution in [0.4, 0.5) is 5.69 Å². The van der Waals surface area contributed by atoms with E-state index in [9.17, 15) is 13.2 Å². The summed E-state index contributed by atoms with van der Waals surface area (Å²) in [4.78, 5) is 18.5. The van der Waals surface area contributed by atoms with Crippen molar-refractivity contribution in [1.29, 1.82) is 0 Å². The van der Waals surface area contributed by atoms with E-state index in [0.717, 1.165) is 0 Å². The van der Waals surface area contributed by atoms with Crippen LogP contribution in [0.15, 0.2) is 40.2 Å². The molecule has 1 N–H and O–H groups in total. The van der Waals surface area contributed by atoms with Crippen molar-refractivity contribution in [2.45, 2.75) is 11.1 Å². The Hall–Kier alpha value is -1.97. The number of carbonyl (C=O) groups excluding carboxylic acids is 1. The molecular weight excluding hydrogens is 336 g/mol. The van der Waals surface area contributed by atoms with Gasteiger partial charge in [-0.25, -0.2) is 8.42 Å². The molecule has 1 atom stereocenters. The van der Waals surface area contributed by atoms with Gasteiger partial charge in [0.2, 0.25) is 10.0 Å². The van der Waals surface area contributed by atoms with Gasteiger partial charge in [0.1, 0.15) is 6.17 Å². The number of hydrogen-bond acceptors (Lipinski definition) is 6. The van der Waals surface area contributed by atoms with E-state index in [1.165, 1.54) is 15.6 Å². The maximum absolute atomic E-state index is 12.6. The number of rotatable bonds is 2. The van der Waals surface area contributed by atoms with Crippen molar-refractivity contribution in [3.05, 3.63) is 40.8 Å². The molecule has 4 heterocycles. The SMILES string of the molecule is O=C1c2ccncc2NC2CN(S(=O)(=O)c3ccsc3)CCN12. The van der Waals surface area contributed by atoms with Crippen molar-refractivity contribution >= 4 is 33.0 Å². The van der Waals surface area contributed by atoms with Crippen molar-refractivity contribution in [3.63, 3.8) is 0 Å². The van der Waals surface area contributed by atoms with Crippen LogP contribution in [0.3, 0.4) is 0 Å².